The Morgan fingerprint density at radius 3 is 2.78 bits per heavy atom. The molecule has 1 aromatic heterocycles. The van der Waals surface area contributed by atoms with Gasteiger partial charge in [-0.3, -0.25) is 9.48 Å². The lowest BCUT2D eigenvalue weighted by molar-refractivity contribution is 0.102. The molecule has 4 nitrogen and oxygen atoms in total. The summed E-state index contributed by atoms with van der Waals surface area (Å²) >= 11 is 1.98. The Bertz CT molecular complexity index is 609. The van der Waals surface area contributed by atoms with Crippen molar-refractivity contribution < 1.29 is 9.18 Å². The molecule has 1 aromatic carbocycles. The molecule has 2 aromatic rings. The van der Waals surface area contributed by atoms with Crippen LogP contribution in [0, 0.1) is 16.3 Å². The van der Waals surface area contributed by atoms with Crippen LogP contribution in [0.25, 0.3) is 0 Å². The molecule has 0 fully saturated rings. The van der Waals surface area contributed by atoms with E-state index >= 15 is 0 Å². The van der Waals surface area contributed by atoms with Gasteiger partial charge in [0.1, 0.15) is 5.82 Å². The first-order valence-corrected chi connectivity index (χ1v) is 6.32. The first kappa shape index (κ1) is 13.0. The summed E-state index contributed by atoms with van der Waals surface area (Å²) in [6.45, 7) is 1.77. The maximum atomic E-state index is 12.9. The Kier molecular flexibility index (Phi) is 3.65. The summed E-state index contributed by atoms with van der Waals surface area (Å²) < 4.78 is 15.2. The van der Waals surface area contributed by atoms with E-state index in [4.69, 9.17) is 0 Å². The van der Waals surface area contributed by atoms with Gasteiger partial charge in [-0.15, -0.1) is 0 Å². The van der Waals surface area contributed by atoms with Gasteiger partial charge in [-0.2, -0.15) is 5.10 Å². The van der Waals surface area contributed by atoms with Gasteiger partial charge in [0.25, 0.3) is 5.91 Å². The van der Waals surface area contributed by atoms with Crippen molar-refractivity contribution in [3.63, 3.8) is 0 Å². The molecule has 0 aliphatic rings. The number of hydrogen-bond donors (Lipinski definition) is 1. The summed E-state index contributed by atoms with van der Waals surface area (Å²) in [6, 6.07) is 4.22. The van der Waals surface area contributed by atoms with E-state index in [9.17, 15) is 9.18 Å². The SMILES string of the molecule is Cc1nn(C)cc1C(=O)Nc1ccc(F)cc1I. The van der Waals surface area contributed by atoms with E-state index in [0.29, 0.717) is 20.5 Å². The van der Waals surface area contributed by atoms with Crippen molar-refractivity contribution in [1.82, 2.24) is 9.78 Å². The number of nitrogens with one attached hydrogen (secondary N) is 1. The number of aromatic nitrogens is 2. The molecule has 1 N–H and O–H groups in total. The predicted molar refractivity (Wildman–Crippen MR) is 75.0 cm³/mol. The Morgan fingerprint density at radius 1 is 1.50 bits per heavy atom. The first-order valence-electron chi connectivity index (χ1n) is 5.24. The van der Waals surface area contributed by atoms with Crippen LogP contribution >= 0.6 is 22.6 Å². The summed E-state index contributed by atoms with van der Waals surface area (Å²) in [7, 11) is 1.76. The maximum absolute atomic E-state index is 12.9. The highest BCUT2D eigenvalue weighted by Crippen LogP contribution is 2.20. The number of aryl methyl sites for hydroxylation is 2. The molecule has 94 valence electrons. The predicted octanol–water partition coefficient (Wildman–Crippen LogP) is 2.72. The second kappa shape index (κ2) is 5.05. The van der Waals surface area contributed by atoms with Crippen LogP contribution < -0.4 is 5.32 Å². The molecule has 1 heterocycles. The maximum Gasteiger partial charge on any atom is 0.259 e. The number of carbonyl (C=O) groups excluding carboxylic acids is 1. The number of halogens is 2. The molecule has 6 heteroatoms. The zero-order chi connectivity index (χ0) is 13.3. The Hall–Kier alpha value is -1.44. The smallest absolute Gasteiger partial charge is 0.259 e. The fourth-order valence-electron chi connectivity index (χ4n) is 1.60. The number of carbonyl (C=O) groups is 1. The van der Waals surface area contributed by atoms with Gasteiger partial charge in [0.2, 0.25) is 0 Å². The van der Waals surface area contributed by atoms with Crippen molar-refractivity contribution in [2.75, 3.05) is 5.32 Å². The van der Waals surface area contributed by atoms with E-state index in [0.717, 1.165) is 0 Å². The first-order chi connectivity index (χ1) is 8.47. The number of nitrogens with zero attached hydrogens (tertiary/aromatic N) is 2. The number of rotatable bonds is 2. The number of hydrogen-bond acceptors (Lipinski definition) is 2. The summed E-state index contributed by atoms with van der Waals surface area (Å²) in [5.74, 6) is -0.569. The van der Waals surface area contributed by atoms with Crippen LogP contribution in [0.15, 0.2) is 24.4 Å². The average Bonchev–Trinajstić information content (AvgIpc) is 2.62. The van der Waals surface area contributed by atoms with E-state index in [1.807, 2.05) is 22.6 Å². The molecule has 0 unspecified atom stereocenters. The van der Waals surface area contributed by atoms with Crippen LogP contribution in [0.3, 0.4) is 0 Å². The van der Waals surface area contributed by atoms with Crippen molar-refractivity contribution >= 4 is 34.2 Å². The zero-order valence-corrected chi connectivity index (χ0v) is 12.0. The van der Waals surface area contributed by atoms with Crippen LogP contribution in [0.2, 0.25) is 0 Å². The molecule has 0 saturated carbocycles. The van der Waals surface area contributed by atoms with Gasteiger partial charge in [-0.25, -0.2) is 4.39 Å². The second-order valence-electron chi connectivity index (χ2n) is 3.88. The molecule has 18 heavy (non-hydrogen) atoms. The molecule has 0 aliphatic carbocycles. The fourth-order valence-corrected chi connectivity index (χ4v) is 2.22. The number of anilines is 1. The quantitative estimate of drug-likeness (QED) is 0.839. The van der Waals surface area contributed by atoms with Crippen LogP contribution in [0.4, 0.5) is 10.1 Å². The lowest BCUT2D eigenvalue weighted by atomic mass is 10.2. The topological polar surface area (TPSA) is 46.9 Å². The average molecular weight is 359 g/mol. The molecule has 0 atom stereocenters. The summed E-state index contributed by atoms with van der Waals surface area (Å²) in [4.78, 5) is 12.0. The molecule has 0 saturated heterocycles. The van der Waals surface area contributed by atoms with Crippen LogP contribution in [0.5, 0.6) is 0 Å². The van der Waals surface area contributed by atoms with Gasteiger partial charge in [-0.1, -0.05) is 0 Å². The van der Waals surface area contributed by atoms with Gasteiger partial charge in [0.15, 0.2) is 0 Å². The number of benzene rings is 1. The second-order valence-corrected chi connectivity index (χ2v) is 5.04. The fraction of sp³-hybridized carbons (Fsp3) is 0.167. The summed E-state index contributed by atoms with van der Waals surface area (Å²) in [6.07, 6.45) is 1.65. The third kappa shape index (κ3) is 2.69. The largest absolute Gasteiger partial charge is 0.321 e. The normalized spacial score (nSPS) is 10.4. The highest BCUT2D eigenvalue weighted by Gasteiger charge is 2.13. The van der Waals surface area contributed by atoms with Gasteiger partial charge in [-0.05, 0) is 47.7 Å². The standard InChI is InChI=1S/C12H11FIN3O/c1-7-9(6-17(2)16-7)12(18)15-11-4-3-8(13)5-10(11)14/h3-6H,1-2H3,(H,15,18). The van der Waals surface area contributed by atoms with E-state index in [2.05, 4.69) is 10.4 Å². The van der Waals surface area contributed by atoms with Gasteiger partial charge in [0.05, 0.1) is 16.9 Å². The minimum atomic E-state index is -0.324. The third-order valence-electron chi connectivity index (χ3n) is 2.44. The third-order valence-corrected chi connectivity index (χ3v) is 3.33. The van der Waals surface area contributed by atoms with E-state index in [1.165, 1.54) is 12.1 Å². The van der Waals surface area contributed by atoms with Crippen LogP contribution in [0.1, 0.15) is 16.1 Å². The minimum Gasteiger partial charge on any atom is -0.321 e. The van der Waals surface area contributed by atoms with Gasteiger partial charge < -0.3 is 5.32 Å². The molecule has 2 rings (SSSR count). The molecular formula is C12H11FIN3O. The molecule has 0 radical (unpaired) electrons. The van der Waals surface area contributed by atoms with Gasteiger partial charge >= 0.3 is 0 Å². The Balaban J connectivity index is 2.24. The highest BCUT2D eigenvalue weighted by atomic mass is 127. The zero-order valence-electron chi connectivity index (χ0n) is 9.87. The number of amides is 1. The lowest BCUT2D eigenvalue weighted by Gasteiger charge is -2.06. The van der Waals surface area contributed by atoms with Gasteiger partial charge in [0, 0.05) is 16.8 Å². The molecule has 0 aliphatic heterocycles. The summed E-state index contributed by atoms with van der Waals surface area (Å²) in [5.41, 5.74) is 1.76. The molecule has 0 bridgehead atoms. The Morgan fingerprint density at radius 2 is 2.22 bits per heavy atom. The molecular weight excluding hydrogens is 348 g/mol. The van der Waals surface area contributed by atoms with Crippen molar-refractivity contribution in [1.29, 1.82) is 0 Å². The Labute approximate surface area is 117 Å². The van der Waals surface area contributed by atoms with E-state index in [-0.39, 0.29) is 11.7 Å². The van der Waals surface area contributed by atoms with Crippen LogP contribution in [-0.4, -0.2) is 15.7 Å². The molecule has 1 amide bonds. The van der Waals surface area contributed by atoms with Crippen molar-refractivity contribution in [3.8, 4) is 0 Å². The minimum absolute atomic E-state index is 0.245. The van der Waals surface area contributed by atoms with Crippen molar-refractivity contribution in [2.24, 2.45) is 7.05 Å². The highest BCUT2D eigenvalue weighted by molar-refractivity contribution is 14.1. The van der Waals surface area contributed by atoms with E-state index in [1.54, 1.807) is 30.9 Å². The van der Waals surface area contributed by atoms with E-state index < -0.39 is 0 Å². The monoisotopic (exact) mass is 359 g/mol. The summed E-state index contributed by atoms with van der Waals surface area (Å²) in [5, 5.41) is 6.85. The van der Waals surface area contributed by atoms with Crippen LogP contribution in [-0.2, 0) is 7.05 Å². The van der Waals surface area contributed by atoms with Crippen molar-refractivity contribution in [2.45, 2.75) is 6.92 Å². The lowest BCUT2D eigenvalue weighted by Crippen LogP contribution is -2.13. The molecule has 0 spiro atoms. The van der Waals surface area contributed by atoms with Crippen molar-refractivity contribution in [3.05, 3.63) is 45.0 Å².